The van der Waals surface area contributed by atoms with Crippen molar-refractivity contribution in [2.75, 3.05) is 0 Å². The van der Waals surface area contributed by atoms with Gasteiger partial charge >= 0.3 is 0 Å². The van der Waals surface area contributed by atoms with E-state index < -0.39 is 0 Å². The second-order valence-corrected chi connectivity index (χ2v) is 3.97. The largest absolute Gasteiger partial charge is 0.392 e. The summed E-state index contributed by atoms with van der Waals surface area (Å²) in [5.41, 5.74) is 7.86. The third kappa shape index (κ3) is 1.79. The fourth-order valence-electron chi connectivity index (χ4n) is 1.77. The summed E-state index contributed by atoms with van der Waals surface area (Å²) >= 11 is 0. The van der Waals surface area contributed by atoms with Crippen LogP contribution in [0.1, 0.15) is 36.6 Å². The number of nitrogens with two attached hydrogens (primary N) is 1. The van der Waals surface area contributed by atoms with Crippen LogP contribution in [0, 0.1) is 5.92 Å². The summed E-state index contributed by atoms with van der Waals surface area (Å²) in [6, 6.07) is 3.89. The van der Waals surface area contributed by atoms with Crippen LogP contribution in [-0.2, 0) is 6.61 Å². The maximum Gasteiger partial charge on any atom is 0.0696 e. The summed E-state index contributed by atoms with van der Waals surface area (Å²) in [5.74, 6) is 0.613. The van der Waals surface area contributed by atoms with Crippen LogP contribution >= 0.6 is 0 Å². The molecule has 3 nitrogen and oxygen atoms in total. The Labute approximate surface area is 84.0 Å². The minimum absolute atomic E-state index is 0.0476. The van der Waals surface area contributed by atoms with Gasteiger partial charge in [-0.2, -0.15) is 0 Å². The van der Waals surface area contributed by atoms with Crippen molar-refractivity contribution in [2.45, 2.75) is 31.9 Å². The Morgan fingerprint density at radius 1 is 1.50 bits per heavy atom. The number of aromatic nitrogens is 1. The van der Waals surface area contributed by atoms with Crippen LogP contribution in [0.15, 0.2) is 18.3 Å². The summed E-state index contributed by atoms with van der Waals surface area (Å²) < 4.78 is 0. The lowest BCUT2D eigenvalue weighted by atomic mass is 9.79. The average molecular weight is 192 g/mol. The molecule has 1 atom stereocenters. The highest BCUT2D eigenvalue weighted by Crippen LogP contribution is 2.35. The van der Waals surface area contributed by atoms with E-state index in [2.05, 4.69) is 4.98 Å². The summed E-state index contributed by atoms with van der Waals surface area (Å²) in [7, 11) is 0. The first kappa shape index (κ1) is 9.62. The van der Waals surface area contributed by atoms with E-state index >= 15 is 0 Å². The van der Waals surface area contributed by atoms with Crippen molar-refractivity contribution in [1.82, 2.24) is 4.98 Å². The molecule has 3 N–H and O–H groups in total. The Morgan fingerprint density at radius 3 is 2.71 bits per heavy atom. The van der Waals surface area contributed by atoms with Gasteiger partial charge in [-0.25, -0.2) is 0 Å². The van der Waals surface area contributed by atoms with E-state index in [4.69, 9.17) is 10.8 Å². The van der Waals surface area contributed by atoms with Gasteiger partial charge in [0.15, 0.2) is 0 Å². The van der Waals surface area contributed by atoms with Crippen LogP contribution < -0.4 is 5.73 Å². The topological polar surface area (TPSA) is 59.1 Å². The third-order valence-corrected chi connectivity index (χ3v) is 3.03. The molecule has 14 heavy (non-hydrogen) atoms. The lowest BCUT2D eigenvalue weighted by Crippen LogP contribution is -2.27. The molecule has 0 saturated heterocycles. The van der Waals surface area contributed by atoms with Crippen LogP contribution in [0.2, 0.25) is 0 Å². The molecule has 1 aromatic rings. The van der Waals surface area contributed by atoms with E-state index in [-0.39, 0.29) is 12.6 Å². The van der Waals surface area contributed by atoms with E-state index in [9.17, 15) is 0 Å². The summed E-state index contributed by atoms with van der Waals surface area (Å²) in [6.07, 6.45) is 5.45. The Bertz CT molecular complexity index is 293. The van der Waals surface area contributed by atoms with Crippen molar-refractivity contribution < 1.29 is 5.11 Å². The van der Waals surface area contributed by atoms with Gasteiger partial charge < -0.3 is 10.8 Å². The van der Waals surface area contributed by atoms with E-state index in [0.29, 0.717) is 5.92 Å². The van der Waals surface area contributed by atoms with Crippen molar-refractivity contribution in [3.8, 4) is 0 Å². The Hall–Kier alpha value is -0.930. The van der Waals surface area contributed by atoms with Crippen molar-refractivity contribution in [1.29, 1.82) is 0 Å². The number of hydrogen-bond acceptors (Lipinski definition) is 3. The zero-order valence-electron chi connectivity index (χ0n) is 8.19. The van der Waals surface area contributed by atoms with Gasteiger partial charge in [0.2, 0.25) is 0 Å². The monoisotopic (exact) mass is 192 g/mol. The normalized spacial score (nSPS) is 19.0. The standard InChI is InChI=1S/C11H16N2O/c12-11(9-2-1-3-9)10-5-4-8(7-14)6-13-10/h4-6,9,11,14H,1-3,7,12H2/t11-/m1/s1. The lowest BCUT2D eigenvalue weighted by molar-refractivity contribution is 0.260. The second kappa shape index (κ2) is 4.07. The molecule has 0 aliphatic heterocycles. The summed E-state index contributed by atoms with van der Waals surface area (Å²) in [6.45, 7) is 0.0476. The second-order valence-electron chi connectivity index (χ2n) is 3.97. The molecule has 3 heteroatoms. The zero-order valence-corrected chi connectivity index (χ0v) is 8.19. The van der Waals surface area contributed by atoms with Crippen molar-refractivity contribution in [3.05, 3.63) is 29.6 Å². The molecule has 0 spiro atoms. The molecule has 1 fully saturated rings. The van der Waals surface area contributed by atoms with E-state index in [1.807, 2.05) is 12.1 Å². The highest BCUT2D eigenvalue weighted by molar-refractivity contribution is 5.16. The van der Waals surface area contributed by atoms with Crippen molar-refractivity contribution in [3.63, 3.8) is 0 Å². The first-order valence-corrected chi connectivity index (χ1v) is 5.12. The van der Waals surface area contributed by atoms with Crippen LogP contribution in [0.5, 0.6) is 0 Å². The first-order chi connectivity index (χ1) is 6.81. The molecule has 0 bridgehead atoms. The minimum atomic E-state index is 0.0476. The number of aliphatic hydroxyl groups excluding tert-OH is 1. The predicted molar refractivity (Wildman–Crippen MR) is 54.4 cm³/mol. The fraction of sp³-hybridized carbons (Fsp3) is 0.545. The third-order valence-electron chi connectivity index (χ3n) is 3.03. The average Bonchev–Trinajstić information content (AvgIpc) is 2.15. The lowest BCUT2D eigenvalue weighted by Gasteiger charge is -2.30. The van der Waals surface area contributed by atoms with Crippen molar-refractivity contribution >= 4 is 0 Å². The van der Waals surface area contributed by atoms with Gasteiger partial charge in [-0.3, -0.25) is 4.98 Å². The van der Waals surface area contributed by atoms with Gasteiger partial charge in [0.25, 0.3) is 0 Å². The summed E-state index contributed by atoms with van der Waals surface area (Å²) in [4.78, 5) is 4.27. The van der Waals surface area contributed by atoms with Gasteiger partial charge in [0.05, 0.1) is 12.3 Å². The Morgan fingerprint density at radius 2 is 2.29 bits per heavy atom. The fourth-order valence-corrected chi connectivity index (χ4v) is 1.77. The molecule has 0 radical (unpaired) electrons. The molecule has 1 saturated carbocycles. The highest BCUT2D eigenvalue weighted by Gasteiger charge is 2.26. The molecule has 2 rings (SSSR count). The molecule has 1 aromatic heterocycles. The van der Waals surface area contributed by atoms with Crippen LogP contribution in [-0.4, -0.2) is 10.1 Å². The maximum atomic E-state index is 8.86. The molecule has 0 unspecified atom stereocenters. The molecule has 0 amide bonds. The quantitative estimate of drug-likeness (QED) is 0.760. The smallest absolute Gasteiger partial charge is 0.0696 e. The van der Waals surface area contributed by atoms with Gasteiger partial charge in [0, 0.05) is 12.2 Å². The number of rotatable bonds is 3. The van der Waals surface area contributed by atoms with E-state index in [1.165, 1.54) is 19.3 Å². The van der Waals surface area contributed by atoms with E-state index in [1.54, 1.807) is 6.20 Å². The van der Waals surface area contributed by atoms with Gasteiger partial charge in [0.1, 0.15) is 0 Å². The molecule has 1 aliphatic carbocycles. The van der Waals surface area contributed by atoms with E-state index in [0.717, 1.165) is 11.3 Å². The molecule has 76 valence electrons. The number of aliphatic hydroxyl groups is 1. The van der Waals surface area contributed by atoms with Crippen LogP contribution in [0.4, 0.5) is 0 Å². The Balaban J connectivity index is 2.07. The SMILES string of the molecule is N[C@@H](c1ccc(CO)cn1)C1CCC1. The van der Waals surface area contributed by atoms with Gasteiger partial charge in [-0.05, 0) is 30.4 Å². The zero-order chi connectivity index (χ0) is 9.97. The Kier molecular flexibility index (Phi) is 2.79. The maximum absolute atomic E-state index is 8.86. The molecule has 1 aliphatic rings. The molecular formula is C11H16N2O. The number of nitrogens with zero attached hydrogens (tertiary/aromatic N) is 1. The first-order valence-electron chi connectivity index (χ1n) is 5.12. The van der Waals surface area contributed by atoms with Crippen LogP contribution in [0.3, 0.4) is 0 Å². The van der Waals surface area contributed by atoms with Gasteiger partial charge in [-0.15, -0.1) is 0 Å². The van der Waals surface area contributed by atoms with Gasteiger partial charge in [-0.1, -0.05) is 12.5 Å². The number of hydrogen-bond donors (Lipinski definition) is 2. The van der Waals surface area contributed by atoms with Crippen molar-refractivity contribution in [2.24, 2.45) is 11.7 Å². The predicted octanol–water partition coefficient (Wildman–Crippen LogP) is 1.37. The molecule has 1 heterocycles. The highest BCUT2D eigenvalue weighted by atomic mass is 16.3. The van der Waals surface area contributed by atoms with Crippen LogP contribution in [0.25, 0.3) is 0 Å². The molecular weight excluding hydrogens is 176 g/mol. The number of pyridine rings is 1. The molecule has 0 aromatic carbocycles. The minimum Gasteiger partial charge on any atom is -0.392 e. The summed E-state index contributed by atoms with van der Waals surface area (Å²) in [5, 5.41) is 8.86.